The zero-order chi connectivity index (χ0) is 85.9. The van der Waals surface area contributed by atoms with E-state index in [0.29, 0.717) is 5.56 Å². The highest BCUT2D eigenvalue weighted by Gasteiger charge is 2.43. The van der Waals surface area contributed by atoms with Crippen LogP contribution < -0.4 is 80.6 Å². The molecule has 27 N–H and O–H groups in total. The molecule has 14 amide bonds. The molecule has 15 atom stereocenters. The van der Waals surface area contributed by atoms with Crippen molar-refractivity contribution in [1.29, 1.82) is 5.41 Å². The number of hydrogen-bond donors (Lipinski definition) is 25. The molecule has 0 unspecified atom stereocenters. The SMILES string of the molecule is CC[C@H](C)[C@H](NC(=O)CNC(=O)[C@@H]1CCCN1C(=O)[C@H](Cc1c[nH]cn1)NC(=O)[C@H](Cc1c[nH]cn1)NC(=O)[C@H](CO)NC(=O)[C@H](CO)NC(=O)[C@H](CO)NC(=O)[C@@H](N)CCC(=O)O)C(=O)N[C@@H](C)C(=O)N[C@@H](CCC(=O)O)C(=O)N[C@@H](Cc1ccccc1)C(=O)N1CCC[C@H]1C(=O)N[C@@H](CO)C(=O)N[C@@H](CCCNC(=N)N)C(=O)O. The normalized spacial score (nSPS) is 17.1. The number of carboxylic acids is 3. The van der Waals surface area contributed by atoms with Crippen LogP contribution in [0.3, 0.4) is 0 Å². The van der Waals surface area contributed by atoms with Gasteiger partial charge in [0.2, 0.25) is 82.7 Å². The maximum Gasteiger partial charge on any atom is 0.326 e. The fraction of sp³-hybridized carbons (Fsp3) is 0.571. The molecule has 638 valence electrons. The second kappa shape index (κ2) is 47.4. The summed E-state index contributed by atoms with van der Waals surface area (Å²) in [6, 6.07) is -13.8. The molecule has 5 rings (SSSR count). The maximum atomic E-state index is 14.7. The van der Waals surface area contributed by atoms with Gasteiger partial charge < -0.3 is 136 Å². The smallest absolute Gasteiger partial charge is 0.326 e. The molecule has 116 heavy (non-hydrogen) atoms. The van der Waals surface area contributed by atoms with Crippen molar-refractivity contribution in [2.75, 3.05) is 52.6 Å². The van der Waals surface area contributed by atoms with Crippen LogP contribution in [0.2, 0.25) is 0 Å². The predicted molar refractivity (Wildman–Crippen MR) is 400 cm³/mol. The first-order valence-corrected chi connectivity index (χ1v) is 37.3. The van der Waals surface area contributed by atoms with Gasteiger partial charge >= 0.3 is 17.9 Å². The van der Waals surface area contributed by atoms with E-state index in [4.69, 9.17) is 22.0 Å². The molecule has 0 radical (unpaired) electrons. The summed E-state index contributed by atoms with van der Waals surface area (Å²) in [6.45, 7) is -0.608. The Hall–Kier alpha value is -12.3. The quantitative estimate of drug-likeness (QED) is 0.0142. The second-order valence-electron chi connectivity index (χ2n) is 27.6. The van der Waals surface area contributed by atoms with Crippen molar-refractivity contribution < 1.29 is 117 Å². The van der Waals surface area contributed by atoms with Crippen molar-refractivity contribution in [1.82, 2.24) is 98.9 Å². The van der Waals surface area contributed by atoms with Gasteiger partial charge in [0.1, 0.15) is 78.5 Å². The number of rotatable bonds is 49. The molecular formula is C70H104N22O24. The van der Waals surface area contributed by atoms with E-state index < -0.39 is 250 Å². The van der Waals surface area contributed by atoms with E-state index in [1.165, 1.54) is 32.0 Å². The molecule has 0 aliphatic carbocycles. The third-order valence-corrected chi connectivity index (χ3v) is 18.9. The summed E-state index contributed by atoms with van der Waals surface area (Å²) in [5.41, 5.74) is 11.9. The van der Waals surface area contributed by atoms with Crippen molar-refractivity contribution in [3.63, 3.8) is 0 Å². The number of nitrogens with zero attached hydrogens (tertiary/aromatic N) is 4. The van der Waals surface area contributed by atoms with Crippen molar-refractivity contribution in [2.24, 2.45) is 17.4 Å². The Balaban J connectivity index is 1.24. The number of aliphatic hydroxyl groups excluding tert-OH is 4. The number of benzene rings is 1. The lowest BCUT2D eigenvalue weighted by Crippen LogP contribution is -2.61. The summed E-state index contributed by atoms with van der Waals surface area (Å²) < 4.78 is 0. The van der Waals surface area contributed by atoms with Gasteiger partial charge in [0.15, 0.2) is 5.96 Å². The summed E-state index contributed by atoms with van der Waals surface area (Å²) >= 11 is 0. The van der Waals surface area contributed by atoms with E-state index in [9.17, 15) is 112 Å². The fourth-order valence-corrected chi connectivity index (χ4v) is 12.3. The summed E-state index contributed by atoms with van der Waals surface area (Å²) in [4.78, 5) is 245. The molecule has 1 aromatic carbocycles. The number of guanidine groups is 1. The molecule has 2 aliphatic heterocycles. The Morgan fingerprint density at radius 3 is 1.43 bits per heavy atom. The lowest BCUT2D eigenvalue weighted by molar-refractivity contribution is -0.144. The highest BCUT2D eigenvalue weighted by atomic mass is 16.4. The minimum Gasteiger partial charge on any atom is -0.481 e. The number of aromatic nitrogens is 4. The molecule has 46 nitrogen and oxygen atoms in total. The van der Waals surface area contributed by atoms with Crippen LogP contribution in [0, 0.1) is 11.3 Å². The van der Waals surface area contributed by atoms with Crippen LogP contribution in [0.1, 0.15) is 108 Å². The van der Waals surface area contributed by atoms with E-state index in [0.717, 1.165) is 9.80 Å². The highest BCUT2D eigenvalue weighted by Crippen LogP contribution is 2.23. The monoisotopic (exact) mass is 1640 g/mol. The lowest BCUT2D eigenvalue weighted by atomic mass is 9.98. The van der Waals surface area contributed by atoms with Crippen LogP contribution in [0.15, 0.2) is 55.4 Å². The first-order valence-electron chi connectivity index (χ1n) is 37.3. The van der Waals surface area contributed by atoms with Crippen LogP contribution in [-0.2, 0) is 101 Å². The van der Waals surface area contributed by atoms with Gasteiger partial charge in [-0.05, 0) is 69.8 Å². The molecule has 0 saturated carbocycles. The average Bonchev–Trinajstić information content (AvgIpc) is 1.66. The Morgan fingerprint density at radius 2 is 0.948 bits per heavy atom. The van der Waals surface area contributed by atoms with Gasteiger partial charge in [-0.15, -0.1) is 0 Å². The van der Waals surface area contributed by atoms with Gasteiger partial charge in [-0.1, -0.05) is 50.6 Å². The number of carbonyl (C=O) groups excluding carboxylic acids is 14. The molecule has 3 aromatic rings. The van der Waals surface area contributed by atoms with E-state index in [-0.39, 0.29) is 101 Å². The van der Waals surface area contributed by atoms with Crippen molar-refractivity contribution in [2.45, 2.75) is 195 Å². The zero-order valence-corrected chi connectivity index (χ0v) is 63.9. The van der Waals surface area contributed by atoms with Gasteiger partial charge in [0, 0.05) is 64.1 Å². The van der Waals surface area contributed by atoms with Crippen molar-refractivity contribution in [3.8, 4) is 0 Å². The Bertz CT molecular complexity index is 3900. The summed E-state index contributed by atoms with van der Waals surface area (Å²) in [5, 5.41) is 107. The number of H-pyrrole nitrogens is 2. The van der Waals surface area contributed by atoms with E-state index in [1.807, 2.05) is 0 Å². The maximum absolute atomic E-state index is 14.7. The van der Waals surface area contributed by atoms with Gasteiger partial charge in [0.05, 0.1) is 63.1 Å². The molecule has 2 aromatic heterocycles. The minimum atomic E-state index is -1.91. The zero-order valence-electron chi connectivity index (χ0n) is 63.9. The molecule has 0 bridgehead atoms. The fourth-order valence-electron chi connectivity index (χ4n) is 12.3. The standard InChI is InChI=1S/C70H104N22O24/c1-4-35(2)55(66(112)80-36(3)56(102)81-41(17-19-54(100)101)58(104)84-44(23-37-11-6-5-7-12-37)67(113)92-22-10-15-51(92)65(111)89-49(32-96)60(106)82-42(69(115)116)13-8-20-76-70(72)73)90-52(97)28-77-64(110)50-14-9-21-91(50)68(114)45(25-39-27-75-34-79-39)85-59(105)43(24-38-26-74-33-78-38)83-61(107)47(30-94)87-63(109)48(31-95)88-62(108)46(29-93)86-57(103)40(71)16-18-53(98)99/h5-7,11-12,26-27,33-36,40-51,55,93-96H,4,8-10,13-25,28-32,71H2,1-3H3,(H,74,78)(H,75,79)(H,77,110)(H,80,112)(H,81,102)(H,82,106)(H,83,107)(H,84,104)(H,85,105)(H,86,103)(H,87,109)(H,88,108)(H,89,111)(H,90,97)(H,98,99)(H,100,101)(H,115,116)(H4,72,73,76)/t35-,36-,40-,41-,42-,43-,44-,45-,46-,47-,48-,49-,50-,51-,55-/m0/s1. The molecule has 4 heterocycles. The Morgan fingerprint density at radius 1 is 0.509 bits per heavy atom. The molecule has 2 aliphatic rings. The summed E-state index contributed by atoms with van der Waals surface area (Å²) in [7, 11) is 0. The average molecular weight is 1640 g/mol. The number of imidazole rings is 2. The number of carboxylic acid groups (broad SMARTS) is 3. The van der Waals surface area contributed by atoms with Crippen LogP contribution >= 0.6 is 0 Å². The highest BCUT2D eigenvalue weighted by molar-refractivity contribution is 6.01. The van der Waals surface area contributed by atoms with E-state index >= 15 is 0 Å². The molecular weight excluding hydrogens is 1530 g/mol. The minimum absolute atomic E-state index is 0.0401. The number of carbonyl (C=O) groups is 17. The van der Waals surface area contributed by atoms with Crippen LogP contribution in [-0.4, -0.2) is 309 Å². The summed E-state index contributed by atoms with van der Waals surface area (Å²) in [5.74, 6) is -19.3. The van der Waals surface area contributed by atoms with Crippen molar-refractivity contribution in [3.05, 3.63) is 72.3 Å². The van der Waals surface area contributed by atoms with Gasteiger partial charge in [-0.2, -0.15) is 0 Å². The lowest BCUT2D eigenvalue weighted by Gasteiger charge is -2.31. The molecule has 46 heteroatoms. The topological polar surface area (TPSA) is 728 Å². The predicted octanol–water partition coefficient (Wildman–Crippen LogP) is -9.97. The number of aliphatic hydroxyl groups is 4. The number of hydrogen-bond acceptors (Lipinski definition) is 25. The second-order valence-corrected chi connectivity index (χ2v) is 27.6. The van der Waals surface area contributed by atoms with Crippen LogP contribution in [0.5, 0.6) is 0 Å². The largest absolute Gasteiger partial charge is 0.481 e. The number of likely N-dealkylation sites (tertiary alicyclic amines) is 2. The number of aliphatic carboxylic acids is 3. The third-order valence-electron chi connectivity index (χ3n) is 18.9. The first kappa shape index (κ1) is 94.3. The molecule has 2 fully saturated rings. The van der Waals surface area contributed by atoms with Gasteiger partial charge in [-0.3, -0.25) is 82.1 Å². The van der Waals surface area contributed by atoms with E-state index in [1.54, 1.807) is 44.2 Å². The number of nitrogens with two attached hydrogens (primary N) is 2. The Labute approximate surface area is 663 Å². The van der Waals surface area contributed by atoms with Crippen LogP contribution in [0.25, 0.3) is 0 Å². The Kier molecular flexibility index (Phi) is 38.5. The van der Waals surface area contributed by atoms with E-state index in [2.05, 4.69) is 89.1 Å². The van der Waals surface area contributed by atoms with Gasteiger partial charge in [-0.25, -0.2) is 14.8 Å². The van der Waals surface area contributed by atoms with Gasteiger partial charge in [0.25, 0.3) is 0 Å². The number of amides is 14. The van der Waals surface area contributed by atoms with Crippen molar-refractivity contribution >= 4 is 107 Å². The summed E-state index contributed by atoms with van der Waals surface area (Å²) in [6.07, 6.45) is 3.14. The molecule has 0 spiro atoms. The molecule has 2 saturated heterocycles. The number of aromatic amines is 2. The van der Waals surface area contributed by atoms with Crippen LogP contribution in [0.4, 0.5) is 0 Å². The third kappa shape index (κ3) is 29.9. The first-order chi connectivity index (χ1) is 55.1. The number of nitrogens with one attached hydrogen (secondary N) is 16.